The van der Waals surface area contributed by atoms with Crippen molar-refractivity contribution in [1.29, 1.82) is 0 Å². The maximum absolute atomic E-state index is 10.2. The summed E-state index contributed by atoms with van der Waals surface area (Å²) in [7, 11) is 0. The van der Waals surface area contributed by atoms with Crippen LogP contribution in [0.5, 0.6) is 0 Å². The molecule has 0 radical (unpaired) electrons. The molecule has 0 spiro atoms. The summed E-state index contributed by atoms with van der Waals surface area (Å²) in [5.74, 6) is 1.87. The summed E-state index contributed by atoms with van der Waals surface area (Å²) >= 11 is 0. The SMILES string of the molecule is CC(O)c1cc2cnc(Nc3ccc(CN4CCN(CCO)CC4)cn3)nc2c(N2CCCOCC2)n1. The molecule has 3 aromatic rings. The third kappa shape index (κ3) is 6.49. The number of rotatable bonds is 8. The van der Waals surface area contributed by atoms with Crippen molar-refractivity contribution < 1.29 is 14.9 Å². The van der Waals surface area contributed by atoms with Crippen LogP contribution in [0.4, 0.5) is 17.6 Å². The molecule has 0 amide bonds. The number of pyridine rings is 2. The highest BCUT2D eigenvalue weighted by molar-refractivity contribution is 5.89. The fraction of sp³-hybridized carbons (Fsp3) is 0.538. The lowest BCUT2D eigenvalue weighted by atomic mass is 10.2. The lowest BCUT2D eigenvalue weighted by molar-refractivity contribution is 0.108. The molecule has 2 aliphatic rings. The van der Waals surface area contributed by atoms with Crippen LogP contribution < -0.4 is 10.2 Å². The number of nitrogens with one attached hydrogen (secondary N) is 1. The van der Waals surface area contributed by atoms with Gasteiger partial charge in [-0.1, -0.05) is 6.07 Å². The molecule has 198 valence electrons. The Kier molecular flexibility index (Phi) is 8.37. The number of β-amino-alcohol motifs (C(OH)–C–C–N with tert-alkyl or cyclic N) is 1. The Morgan fingerprint density at radius 2 is 1.84 bits per heavy atom. The van der Waals surface area contributed by atoms with E-state index in [2.05, 4.69) is 36.1 Å². The minimum atomic E-state index is -0.684. The van der Waals surface area contributed by atoms with E-state index in [1.54, 1.807) is 13.1 Å². The van der Waals surface area contributed by atoms with Gasteiger partial charge in [0, 0.05) is 76.7 Å². The molecule has 2 aliphatic heterocycles. The largest absolute Gasteiger partial charge is 0.395 e. The summed E-state index contributed by atoms with van der Waals surface area (Å²) in [6, 6.07) is 5.88. The molecule has 0 aliphatic carbocycles. The van der Waals surface area contributed by atoms with E-state index in [9.17, 15) is 5.11 Å². The van der Waals surface area contributed by atoms with Gasteiger partial charge in [-0.15, -0.1) is 0 Å². The van der Waals surface area contributed by atoms with Gasteiger partial charge < -0.3 is 25.2 Å². The Morgan fingerprint density at radius 1 is 1.00 bits per heavy atom. The summed E-state index contributed by atoms with van der Waals surface area (Å²) in [4.78, 5) is 25.5. The van der Waals surface area contributed by atoms with E-state index < -0.39 is 6.10 Å². The van der Waals surface area contributed by atoms with Gasteiger partial charge in [-0.25, -0.2) is 19.9 Å². The Balaban J connectivity index is 1.30. The number of aliphatic hydroxyl groups is 2. The normalized spacial score (nSPS) is 18.6. The van der Waals surface area contributed by atoms with E-state index in [0.29, 0.717) is 24.1 Å². The van der Waals surface area contributed by atoms with E-state index in [1.807, 2.05) is 18.3 Å². The summed E-state index contributed by atoms with van der Waals surface area (Å²) in [6.45, 7) is 10.4. The number of anilines is 3. The highest BCUT2D eigenvalue weighted by atomic mass is 16.5. The molecule has 3 aromatic heterocycles. The Labute approximate surface area is 217 Å². The maximum Gasteiger partial charge on any atom is 0.229 e. The summed E-state index contributed by atoms with van der Waals surface area (Å²) in [6.07, 6.45) is 3.88. The monoisotopic (exact) mass is 508 g/mol. The van der Waals surface area contributed by atoms with Crippen molar-refractivity contribution in [3.8, 4) is 0 Å². The van der Waals surface area contributed by atoms with E-state index >= 15 is 0 Å². The van der Waals surface area contributed by atoms with Crippen molar-refractivity contribution in [2.45, 2.75) is 26.0 Å². The van der Waals surface area contributed by atoms with Gasteiger partial charge in [0.2, 0.25) is 5.95 Å². The van der Waals surface area contributed by atoms with Gasteiger partial charge in [0.25, 0.3) is 0 Å². The first kappa shape index (κ1) is 25.7. The lowest BCUT2D eigenvalue weighted by Crippen LogP contribution is -2.46. The molecule has 0 saturated carbocycles. The predicted molar refractivity (Wildman–Crippen MR) is 142 cm³/mol. The lowest BCUT2D eigenvalue weighted by Gasteiger charge is -2.34. The minimum absolute atomic E-state index is 0.216. The van der Waals surface area contributed by atoms with Crippen molar-refractivity contribution in [3.63, 3.8) is 0 Å². The predicted octanol–water partition coefficient (Wildman–Crippen LogP) is 1.55. The van der Waals surface area contributed by atoms with Gasteiger partial charge in [-0.05, 0) is 31.0 Å². The zero-order valence-electron chi connectivity index (χ0n) is 21.4. The molecule has 5 heterocycles. The topological polar surface area (TPSA) is 123 Å². The van der Waals surface area contributed by atoms with Crippen LogP contribution in [-0.2, 0) is 11.3 Å². The number of hydrogen-bond donors (Lipinski definition) is 3. The van der Waals surface area contributed by atoms with Gasteiger partial charge in [0.15, 0.2) is 5.82 Å². The van der Waals surface area contributed by atoms with Crippen LogP contribution in [-0.4, -0.2) is 106 Å². The second-order valence-corrected chi connectivity index (χ2v) is 9.65. The number of fused-ring (bicyclic) bond motifs is 1. The minimum Gasteiger partial charge on any atom is -0.395 e. The quantitative estimate of drug-likeness (QED) is 0.411. The van der Waals surface area contributed by atoms with Gasteiger partial charge >= 0.3 is 0 Å². The van der Waals surface area contributed by atoms with E-state index in [1.165, 1.54) is 0 Å². The van der Waals surface area contributed by atoms with Crippen LogP contribution in [0.25, 0.3) is 10.9 Å². The Hall–Kier alpha value is -2.96. The zero-order valence-corrected chi connectivity index (χ0v) is 21.4. The first-order valence-corrected chi connectivity index (χ1v) is 13.0. The van der Waals surface area contributed by atoms with Gasteiger partial charge in [0.05, 0.1) is 25.0 Å². The van der Waals surface area contributed by atoms with Crippen LogP contribution >= 0.6 is 0 Å². The van der Waals surface area contributed by atoms with Crippen LogP contribution in [0.3, 0.4) is 0 Å². The number of aromatic nitrogens is 4. The summed E-state index contributed by atoms with van der Waals surface area (Å²) in [5, 5.41) is 23.4. The molecule has 11 heteroatoms. The first-order chi connectivity index (χ1) is 18.1. The van der Waals surface area contributed by atoms with Crippen LogP contribution in [0.2, 0.25) is 0 Å². The molecular formula is C26H36N8O3. The standard InChI is InChI=1S/C26H36N8O3/c1-19(36)22-15-21-17-28-26(31-24(21)25(29-22)34-5-2-13-37-14-11-34)30-23-4-3-20(16-27-23)18-33-8-6-32(7-9-33)10-12-35/h3-4,15-17,19,35-36H,2,5-14,18H2,1H3,(H,27,28,30,31). The second kappa shape index (κ2) is 12.1. The summed E-state index contributed by atoms with van der Waals surface area (Å²) < 4.78 is 5.62. The average Bonchev–Trinajstić information content (AvgIpc) is 3.20. The molecule has 0 aromatic carbocycles. The van der Waals surface area contributed by atoms with Crippen molar-refractivity contribution in [2.75, 3.05) is 75.9 Å². The van der Waals surface area contributed by atoms with Crippen LogP contribution in [0, 0.1) is 0 Å². The van der Waals surface area contributed by atoms with Crippen molar-refractivity contribution in [1.82, 2.24) is 29.7 Å². The van der Waals surface area contributed by atoms with E-state index in [4.69, 9.17) is 19.8 Å². The highest BCUT2D eigenvalue weighted by Gasteiger charge is 2.20. The number of ether oxygens (including phenoxy) is 1. The van der Waals surface area contributed by atoms with E-state index in [0.717, 1.165) is 87.7 Å². The molecule has 0 bridgehead atoms. The number of nitrogens with zero attached hydrogens (tertiary/aromatic N) is 7. The fourth-order valence-electron chi connectivity index (χ4n) is 4.77. The zero-order chi connectivity index (χ0) is 25.6. The molecule has 37 heavy (non-hydrogen) atoms. The maximum atomic E-state index is 10.2. The number of piperazine rings is 1. The van der Waals surface area contributed by atoms with Crippen molar-refractivity contribution >= 4 is 28.5 Å². The molecule has 3 N–H and O–H groups in total. The molecule has 2 saturated heterocycles. The van der Waals surface area contributed by atoms with Crippen LogP contribution in [0.15, 0.2) is 30.6 Å². The molecule has 1 atom stereocenters. The summed E-state index contributed by atoms with van der Waals surface area (Å²) in [5.41, 5.74) is 2.49. The van der Waals surface area contributed by atoms with Crippen molar-refractivity contribution in [3.05, 3.63) is 41.9 Å². The average molecular weight is 509 g/mol. The van der Waals surface area contributed by atoms with Crippen molar-refractivity contribution in [2.24, 2.45) is 0 Å². The highest BCUT2D eigenvalue weighted by Crippen LogP contribution is 2.28. The first-order valence-electron chi connectivity index (χ1n) is 13.0. The van der Waals surface area contributed by atoms with Gasteiger partial charge in [0.1, 0.15) is 11.3 Å². The molecule has 2 fully saturated rings. The molecule has 5 rings (SSSR count). The second-order valence-electron chi connectivity index (χ2n) is 9.65. The third-order valence-electron chi connectivity index (χ3n) is 6.87. The molecule has 11 nitrogen and oxygen atoms in total. The number of aliphatic hydroxyl groups excluding tert-OH is 2. The molecular weight excluding hydrogens is 472 g/mol. The van der Waals surface area contributed by atoms with Gasteiger partial charge in [-0.2, -0.15) is 0 Å². The van der Waals surface area contributed by atoms with Crippen LogP contribution in [0.1, 0.15) is 30.7 Å². The fourth-order valence-corrected chi connectivity index (χ4v) is 4.77. The third-order valence-corrected chi connectivity index (χ3v) is 6.87. The van der Waals surface area contributed by atoms with Gasteiger partial charge in [-0.3, -0.25) is 9.80 Å². The smallest absolute Gasteiger partial charge is 0.229 e. The Morgan fingerprint density at radius 3 is 2.59 bits per heavy atom. The van der Waals surface area contributed by atoms with E-state index in [-0.39, 0.29) is 6.61 Å². The number of hydrogen-bond acceptors (Lipinski definition) is 11. The Bertz CT molecular complexity index is 1160. The molecule has 1 unspecified atom stereocenters.